The number of anilines is 5. The first kappa shape index (κ1) is 51.4. The van der Waals surface area contributed by atoms with E-state index in [0.29, 0.717) is 28.2 Å². The number of carbonyl (C=O) groups excluding carboxylic acids is 4. The quantitative estimate of drug-likeness (QED) is 0.0296. The summed E-state index contributed by atoms with van der Waals surface area (Å²) >= 11 is 0. The van der Waals surface area contributed by atoms with Gasteiger partial charge in [-0.1, -0.05) is 6.07 Å². The van der Waals surface area contributed by atoms with Crippen LogP contribution >= 0.6 is 0 Å². The number of alkyl halides is 6. The van der Waals surface area contributed by atoms with Crippen LogP contribution in [-0.4, -0.2) is 85.4 Å². The van der Waals surface area contributed by atoms with Gasteiger partial charge in [0, 0.05) is 59.7 Å². The third kappa shape index (κ3) is 12.2. The van der Waals surface area contributed by atoms with Gasteiger partial charge < -0.3 is 51.2 Å². The Morgan fingerprint density at radius 1 is 0.797 bits per heavy atom. The molecule has 8 N–H and O–H groups in total. The van der Waals surface area contributed by atoms with Crippen LogP contribution in [-0.2, 0) is 45.7 Å². The number of nitrogen functional groups attached to an aromatic ring is 2. The molecule has 1 saturated carbocycles. The van der Waals surface area contributed by atoms with Crippen LogP contribution in [0.25, 0.3) is 0 Å². The molecule has 2 saturated heterocycles. The van der Waals surface area contributed by atoms with Crippen molar-refractivity contribution in [3.05, 3.63) is 124 Å². The van der Waals surface area contributed by atoms with Crippen molar-refractivity contribution in [2.75, 3.05) is 52.5 Å². The zero-order valence-corrected chi connectivity index (χ0v) is 37.3. The molecule has 4 unspecified atom stereocenters. The Hall–Kier alpha value is -7.04. The highest BCUT2D eigenvalue weighted by molar-refractivity contribution is 6.05. The highest BCUT2D eigenvalue weighted by atomic mass is 19.4. The van der Waals surface area contributed by atoms with Gasteiger partial charge >= 0.3 is 18.3 Å². The lowest BCUT2D eigenvalue weighted by Crippen LogP contribution is -2.56. The predicted molar refractivity (Wildman–Crippen MR) is 240 cm³/mol. The van der Waals surface area contributed by atoms with Crippen LogP contribution in [0.1, 0.15) is 54.0 Å². The van der Waals surface area contributed by atoms with E-state index in [-0.39, 0.29) is 54.8 Å². The minimum Gasteiger partial charge on any atom is -0.449 e. The SMILES string of the molecule is CC(=O)OC(C(=O)Nc1ccc(C)c(F)c1)C1OCCN(c2ccc(C(F)(F)F)c(C)c2)C1=O.N=C(N)c1ccc(NC(=C2CCC2)C(O)C2OCCN(c3ccc(C(F)(F)F)cc3)C2=O)cc1N. The number of allylic oxidation sites excluding steroid dienone is 1. The number of esters is 1. The Balaban J connectivity index is 0.000000227. The Bertz CT molecular complexity index is 2640. The maximum atomic E-state index is 13.8. The van der Waals surface area contributed by atoms with E-state index in [1.165, 1.54) is 49.1 Å². The molecule has 69 heavy (non-hydrogen) atoms. The second kappa shape index (κ2) is 21.1. The third-order valence-corrected chi connectivity index (χ3v) is 11.4. The van der Waals surface area contributed by atoms with Crippen molar-refractivity contribution >= 4 is 58.0 Å². The highest BCUT2D eigenvalue weighted by Crippen LogP contribution is 2.36. The van der Waals surface area contributed by atoms with Gasteiger partial charge in [0.1, 0.15) is 17.8 Å². The number of aliphatic hydroxyl groups is 1. The summed E-state index contributed by atoms with van der Waals surface area (Å²) < 4.78 is 108. The van der Waals surface area contributed by atoms with E-state index in [2.05, 4.69) is 10.6 Å². The van der Waals surface area contributed by atoms with Crippen LogP contribution in [0, 0.1) is 25.1 Å². The number of hydrogen-bond acceptors (Lipinski definition) is 11. The number of rotatable bonds is 11. The first-order valence-electron chi connectivity index (χ1n) is 21.3. The van der Waals surface area contributed by atoms with Gasteiger partial charge in [0.05, 0.1) is 24.3 Å². The molecule has 368 valence electrons. The molecule has 4 aromatic carbocycles. The number of benzene rings is 4. The molecule has 1 aliphatic carbocycles. The van der Waals surface area contributed by atoms with E-state index >= 15 is 0 Å². The standard InChI is InChI=1S/C24H26F3N5O3.C23H22F4N2O5/c25-24(26,27)14-4-7-16(8-5-14)32-10-11-35-21(23(32)34)20(33)19(13-2-1-3-13)31-15-6-9-17(22(29)30)18(28)12-15;1-12-4-5-15(11-18(12)24)28-21(31)19(34-14(3)30)20-22(32)29(8-9-33-20)16-6-7-17(13(2)10-16)23(25,26)27/h4-9,12,20-21,31,33H,1-3,10-11,28H2,(H3,29,30);4-7,10-11,19-20H,8-9H2,1-3H3,(H,28,31). The number of hydrogen-bond donors (Lipinski definition) is 6. The molecule has 3 aliphatic rings. The summed E-state index contributed by atoms with van der Waals surface area (Å²) in [7, 11) is 0. The molecule has 22 heteroatoms. The van der Waals surface area contributed by atoms with E-state index in [0.717, 1.165) is 67.0 Å². The van der Waals surface area contributed by atoms with E-state index < -0.39 is 77.4 Å². The number of carbonyl (C=O) groups is 4. The van der Waals surface area contributed by atoms with Gasteiger partial charge in [0.15, 0.2) is 12.2 Å². The number of amides is 3. The van der Waals surface area contributed by atoms with Gasteiger partial charge in [-0.3, -0.25) is 24.6 Å². The molecule has 0 bridgehead atoms. The van der Waals surface area contributed by atoms with Crippen molar-refractivity contribution < 1.29 is 69.2 Å². The van der Waals surface area contributed by atoms with E-state index in [9.17, 15) is 55.0 Å². The van der Waals surface area contributed by atoms with Gasteiger partial charge in [-0.15, -0.1) is 0 Å². The Labute approximate surface area is 390 Å². The predicted octanol–water partition coefficient (Wildman–Crippen LogP) is 6.98. The summed E-state index contributed by atoms with van der Waals surface area (Å²) in [6.07, 6.45) is -12.5. The van der Waals surface area contributed by atoms with E-state index in [1.54, 1.807) is 18.2 Å². The number of halogens is 7. The van der Waals surface area contributed by atoms with E-state index in [4.69, 9.17) is 31.1 Å². The monoisotopic (exact) mass is 971 g/mol. The Morgan fingerprint density at radius 3 is 1.91 bits per heavy atom. The van der Waals surface area contributed by atoms with Crippen molar-refractivity contribution in [3.63, 3.8) is 0 Å². The number of nitrogens with zero attached hydrogens (tertiary/aromatic N) is 2. The summed E-state index contributed by atoms with van der Waals surface area (Å²) in [5.74, 6) is -3.86. The number of amidine groups is 1. The number of ether oxygens (including phenoxy) is 3. The summed E-state index contributed by atoms with van der Waals surface area (Å²) in [5.41, 5.74) is 13.2. The molecule has 2 aliphatic heterocycles. The van der Waals surface area contributed by atoms with Crippen LogP contribution < -0.4 is 31.9 Å². The molecule has 4 atom stereocenters. The minimum atomic E-state index is -4.55. The number of aliphatic hydroxyl groups excluding tert-OH is 1. The Morgan fingerprint density at radius 2 is 1.38 bits per heavy atom. The van der Waals surface area contributed by atoms with Crippen molar-refractivity contribution in [1.29, 1.82) is 5.41 Å². The summed E-state index contributed by atoms with van der Waals surface area (Å²) in [4.78, 5) is 53.3. The van der Waals surface area contributed by atoms with Crippen molar-refractivity contribution in [3.8, 4) is 0 Å². The van der Waals surface area contributed by atoms with Gasteiger partial charge in [-0.05, 0) is 123 Å². The van der Waals surface area contributed by atoms with Gasteiger partial charge in [0.2, 0.25) is 6.10 Å². The molecular formula is C47H48F7N7O8. The van der Waals surface area contributed by atoms with Crippen LogP contribution in [0.15, 0.2) is 90.1 Å². The molecule has 0 spiro atoms. The average Bonchev–Trinajstić information content (AvgIpc) is 3.25. The second-order valence-electron chi connectivity index (χ2n) is 16.2. The van der Waals surface area contributed by atoms with Crippen LogP contribution in [0.5, 0.6) is 0 Å². The summed E-state index contributed by atoms with van der Waals surface area (Å²) in [6, 6.07) is 16.3. The van der Waals surface area contributed by atoms with Gasteiger partial charge in [-0.2, -0.15) is 26.3 Å². The summed E-state index contributed by atoms with van der Waals surface area (Å²) in [6.45, 7) is 4.04. The first-order chi connectivity index (χ1) is 32.4. The van der Waals surface area contributed by atoms with Crippen molar-refractivity contribution in [2.45, 2.75) is 76.8 Å². The maximum absolute atomic E-state index is 13.8. The minimum absolute atomic E-state index is 0.0116. The smallest absolute Gasteiger partial charge is 0.416 e. The van der Waals surface area contributed by atoms with Crippen molar-refractivity contribution in [1.82, 2.24) is 0 Å². The van der Waals surface area contributed by atoms with Crippen molar-refractivity contribution in [2.24, 2.45) is 5.73 Å². The zero-order valence-electron chi connectivity index (χ0n) is 37.3. The largest absolute Gasteiger partial charge is 0.449 e. The molecular weight excluding hydrogens is 924 g/mol. The molecule has 15 nitrogen and oxygen atoms in total. The Kier molecular flexibility index (Phi) is 15.7. The number of aryl methyl sites for hydroxylation is 2. The molecule has 3 fully saturated rings. The number of nitrogens with one attached hydrogen (secondary N) is 3. The van der Waals surface area contributed by atoms with Crippen LogP contribution in [0.3, 0.4) is 0 Å². The van der Waals surface area contributed by atoms with E-state index in [1.807, 2.05) is 0 Å². The normalized spacial score (nSPS) is 18.3. The van der Waals surface area contributed by atoms with Gasteiger partial charge in [-0.25, -0.2) is 4.39 Å². The zero-order chi connectivity index (χ0) is 50.5. The molecule has 0 aromatic heterocycles. The molecule has 3 amide bonds. The van der Waals surface area contributed by atoms with Crippen LogP contribution in [0.4, 0.5) is 59.2 Å². The molecule has 4 aromatic rings. The van der Waals surface area contributed by atoms with Crippen LogP contribution in [0.2, 0.25) is 0 Å². The fraction of sp³-hybridized carbons (Fsp3) is 0.340. The van der Waals surface area contributed by atoms with Gasteiger partial charge in [0.25, 0.3) is 17.7 Å². The summed E-state index contributed by atoms with van der Waals surface area (Å²) in [5, 5.41) is 24.3. The fourth-order valence-corrected chi connectivity index (χ4v) is 7.63. The number of morpholine rings is 2. The maximum Gasteiger partial charge on any atom is 0.416 e. The molecule has 7 rings (SSSR count). The average molecular weight is 972 g/mol. The lowest BCUT2D eigenvalue weighted by molar-refractivity contribution is -0.167. The molecule has 0 radical (unpaired) electrons. The fourth-order valence-electron chi connectivity index (χ4n) is 7.63. The first-order valence-corrected chi connectivity index (χ1v) is 21.3. The lowest BCUT2D eigenvalue weighted by Gasteiger charge is -2.37. The molecule has 2 heterocycles. The lowest BCUT2D eigenvalue weighted by atomic mass is 9.87. The topological polar surface area (TPSA) is 223 Å². The second-order valence-corrected chi connectivity index (χ2v) is 16.2. The third-order valence-electron chi connectivity index (χ3n) is 11.4. The number of nitrogens with two attached hydrogens (primary N) is 2. The highest BCUT2D eigenvalue weighted by Gasteiger charge is 2.44.